The minimum absolute atomic E-state index is 0.0353. The molecule has 0 spiro atoms. The number of nitrogen functional groups attached to an aromatic ring is 1. The lowest BCUT2D eigenvalue weighted by atomic mass is 10.1. The fraction of sp³-hybridized carbons (Fsp3) is 0.273. The summed E-state index contributed by atoms with van der Waals surface area (Å²) in [7, 11) is 3.16. The molecule has 0 aliphatic carbocycles. The van der Waals surface area contributed by atoms with Gasteiger partial charge in [0.25, 0.3) is 5.91 Å². The number of methoxy groups -OCH3 is 2. The summed E-state index contributed by atoms with van der Waals surface area (Å²) in [6.07, 6.45) is 1.39. The lowest BCUT2D eigenvalue weighted by Gasteiger charge is -2.37. The first-order chi connectivity index (χ1) is 15.0. The highest BCUT2D eigenvalue weighted by Crippen LogP contribution is 2.28. The Morgan fingerprint density at radius 2 is 1.84 bits per heavy atom. The average Bonchev–Trinajstić information content (AvgIpc) is 3.10. The van der Waals surface area contributed by atoms with Gasteiger partial charge >= 0.3 is 0 Å². The Bertz CT molecular complexity index is 1260. The van der Waals surface area contributed by atoms with Crippen LogP contribution in [0.5, 0.6) is 11.5 Å². The predicted octanol–water partition coefficient (Wildman–Crippen LogP) is 1.23. The summed E-state index contributed by atoms with van der Waals surface area (Å²) in [5.74, 6) is 12.7. The molecule has 9 nitrogen and oxygen atoms in total. The Hall–Kier alpha value is -4.24. The van der Waals surface area contributed by atoms with Gasteiger partial charge in [0, 0.05) is 24.7 Å². The second kappa shape index (κ2) is 8.25. The first-order valence-corrected chi connectivity index (χ1v) is 9.49. The number of nitrogens with two attached hydrogens (primary N) is 1. The van der Waals surface area contributed by atoms with Gasteiger partial charge in [0.15, 0.2) is 5.65 Å². The molecule has 1 amide bonds. The van der Waals surface area contributed by atoms with Crippen LogP contribution in [-0.2, 0) is 4.79 Å². The highest BCUT2D eigenvalue weighted by atomic mass is 16.5. The van der Waals surface area contributed by atoms with Crippen LogP contribution in [0.25, 0.3) is 11.0 Å². The second-order valence-electron chi connectivity index (χ2n) is 6.84. The van der Waals surface area contributed by atoms with Crippen LogP contribution in [0.2, 0.25) is 0 Å². The number of likely N-dealkylation sites (tertiary alicyclic amines) is 1. The zero-order valence-corrected chi connectivity index (χ0v) is 17.3. The number of hydrogen-bond acceptors (Lipinski definition) is 7. The first-order valence-electron chi connectivity index (χ1n) is 9.49. The average molecular weight is 416 g/mol. The Labute approximate surface area is 179 Å². The summed E-state index contributed by atoms with van der Waals surface area (Å²) in [5, 5.41) is 5.22. The highest BCUT2D eigenvalue weighted by Gasteiger charge is 2.34. The molecule has 31 heavy (non-hydrogen) atoms. The van der Waals surface area contributed by atoms with Crippen molar-refractivity contribution >= 4 is 22.8 Å². The van der Waals surface area contributed by atoms with E-state index in [1.807, 2.05) is 0 Å². The zero-order chi connectivity index (χ0) is 22.0. The molecule has 1 aliphatic rings. The first kappa shape index (κ1) is 20.0. The molecule has 0 unspecified atom stereocenters. The van der Waals surface area contributed by atoms with Crippen molar-refractivity contribution in [3.05, 3.63) is 35.8 Å². The van der Waals surface area contributed by atoms with Gasteiger partial charge < -0.3 is 20.1 Å². The summed E-state index contributed by atoms with van der Waals surface area (Å²) in [5.41, 5.74) is 7.86. The molecule has 2 aromatic heterocycles. The van der Waals surface area contributed by atoms with Gasteiger partial charge in [-0.25, -0.2) is 14.6 Å². The van der Waals surface area contributed by atoms with Crippen molar-refractivity contribution in [1.82, 2.24) is 24.6 Å². The summed E-state index contributed by atoms with van der Waals surface area (Å²) < 4.78 is 12.3. The second-order valence-corrected chi connectivity index (χ2v) is 6.84. The molecule has 4 rings (SSSR count). The molecule has 3 heterocycles. The monoisotopic (exact) mass is 416 g/mol. The molecular weight excluding hydrogens is 396 g/mol. The summed E-state index contributed by atoms with van der Waals surface area (Å²) in [6.45, 7) is 2.63. The molecule has 0 bridgehead atoms. The van der Waals surface area contributed by atoms with Crippen LogP contribution in [-0.4, -0.2) is 57.9 Å². The minimum Gasteiger partial charge on any atom is -0.497 e. The number of anilines is 1. The molecule has 1 aromatic carbocycles. The molecular formula is C22H20N6O3. The van der Waals surface area contributed by atoms with Crippen LogP contribution in [0, 0.1) is 23.7 Å². The number of ether oxygens (including phenoxy) is 2. The highest BCUT2D eigenvalue weighted by molar-refractivity contribution is 5.94. The van der Waals surface area contributed by atoms with Crippen molar-refractivity contribution in [2.75, 3.05) is 33.0 Å². The number of rotatable bonds is 3. The molecule has 1 saturated heterocycles. The van der Waals surface area contributed by atoms with Gasteiger partial charge in [-0.15, -0.1) is 0 Å². The van der Waals surface area contributed by atoms with Gasteiger partial charge in [-0.05, 0) is 30.9 Å². The number of nitrogens with zero attached hydrogens (tertiary/aromatic N) is 5. The van der Waals surface area contributed by atoms with Crippen LogP contribution in [0.1, 0.15) is 24.2 Å². The Morgan fingerprint density at radius 1 is 1.13 bits per heavy atom. The minimum atomic E-state index is -0.198. The van der Waals surface area contributed by atoms with Gasteiger partial charge in [0.1, 0.15) is 29.3 Å². The van der Waals surface area contributed by atoms with Crippen molar-refractivity contribution in [3.63, 3.8) is 0 Å². The van der Waals surface area contributed by atoms with E-state index in [1.54, 1.807) is 48.9 Å². The Morgan fingerprint density at radius 3 is 2.48 bits per heavy atom. The Kier molecular flexibility index (Phi) is 5.33. The normalized spacial score (nSPS) is 12.9. The van der Waals surface area contributed by atoms with Gasteiger partial charge in [0.2, 0.25) is 0 Å². The van der Waals surface area contributed by atoms with Crippen molar-refractivity contribution < 1.29 is 14.3 Å². The van der Waals surface area contributed by atoms with E-state index in [9.17, 15) is 4.79 Å². The van der Waals surface area contributed by atoms with E-state index in [2.05, 4.69) is 38.7 Å². The van der Waals surface area contributed by atoms with Crippen LogP contribution in [0.4, 0.5) is 5.82 Å². The smallest absolute Gasteiger partial charge is 0.298 e. The molecule has 1 aliphatic heterocycles. The number of benzene rings is 1. The summed E-state index contributed by atoms with van der Waals surface area (Å²) in [6, 6.07) is 5.34. The van der Waals surface area contributed by atoms with Gasteiger partial charge in [-0.3, -0.25) is 4.79 Å². The number of aromatic nitrogens is 4. The topological polar surface area (TPSA) is 108 Å². The van der Waals surface area contributed by atoms with Crippen molar-refractivity contribution in [3.8, 4) is 35.2 Å². The maximum Gasteiger partial charge on any atom is 0.298 e. The van der Waals surface area contributed by atoms with Crippen LogP contribution >= 0.6 is 0 Å². The summed E-state index contributed by atoms with van der Waals surface area (Å²) in [4.78, 5) is 22.0. The number of carbonyl (C=O) groups is 1. The standard InChI is InChI=1S/C22H20N6O3/c1-4-5-19(29)27-11-15(12-27)28-22-20(21(23)24-13-25-22)18(26-28)7-6-14-8-16(30-2)10-17(9-14)31-3/h8-10,13,15H,11-12H2,1-3H3,(H2,23,24,25). The predicted molar refractivity (Wildman–Crippen MR) is 114 cm³/mol. The van der Waals surface area contributed by atoms with E-state index < -0.39 is 0 Å². The summed E-state index contributed by atoms with van der Waals surface area (Å²) >= 11 is 0. The quantitative estimate of drug-likeness (QED) is 0.640. The fourth-order valence-electron chi connectivity index (χ4n) is 3.31. The molecule has 0 radical (unpaired) electrons. The Balaban J connectivity index is 1.70. The van der Waals surface area contributed by atoms with E-state index in [0.717, 1.165) is 0 Å². The third-order valence-electron chi connectivity index (χ3n) is 4.92. The van der Waals surface area contributed by atoms with Crippen molar-refractivity contribution in [1.29, 1.82) is 0 Å². The van der Waals surface area contributed by atoms with Crippen LogP contribution < -0.4 is 15.2 Å². The van der Waals surface area contributed by atoms with Crippen molar-refractivity contribution in [2.45, 2.75) is 13.0 Å². The van der Waals surface area contributed by atoms with Gasteiger partial charge in [0.05, 0.1) is 25.6 Å². The molecule has 156 valence electrons. The number of carbonyl (C=O) groups excluding carboxylic acids is 1. The molecule has 9 heteroatoms. The fourth-order valence-corrected chi connectivity index (χ4v) is 3.31. The van der Waals surface area contributed by atoms with E-state index in [4.69, 9.17) is 15.2 Å². The van der Waals surface area contributed by atoms with Crippen LogP contribution in [0.3, 0.4) is 0 Å². The van der Waals surface area contributed by atoms with Gasteiger partial charge in [-0.2, -0.15) is 5.10 Å². The third kappa shape index (κ3) is 3.81. The lowest BCUT2D eigenvalue weighted by molar-refractivity contribution is -0.130. The van der Waals surface area contributed by atoms with E-state index in [0.29, 0.717) is 52.7 Å². The lowest BCUT2D eigenvalue weighted by Crippen LogP contribution is -2.50. The SMILES string of the molecule is CC#CC(=O)N1CC(n2nc(C#Cc3cc(OC)cc(OC)c3)c3c(N)ncnc32)C1. The van der Waals surface area contributed by atoms with E-state index in [1.165, 1.54) is 6.33 Å². The maximum atomic E-state index is 11.9. The molecule has 1 fully saturated rings. The molecule has 2 N–H and O–H groups in total. The van der Waals surface area contributed by atoms with Crippen molar-refractivity contribution in [2.24, 2.45) is 0 Å². The number of hydrogen-bond donors (Lipinski definition) is 1. The van der Waals surface area contributed by atoms with Crippen LogP contribution in [0.15, 0.2) is 24.5 Å². The largest absolute Gasteiger partial charge is 0.497 e. The van der Waals surface area contributed by atoms with Gasteiger partial charge in [-0.1, -0.05) is 11.8 Å². The van der Waals surface area contributed by atoms with E-state index in [-0.39, 0.29) is 11.9 Å². The zero-order valence-electron chi connectivity index (χ0n) is 17.3. The maximum absolute atomic E-state index is 11.9. The number of fused-ring (bicyclic) bond motifs is 1. The molecule has 3 aromatic rings. The van der Waals surface area contributed by atoms with E-state index >= 15 is 0 Å². The molecule has 0 saturated carbocycles. The number of amides is 1. The molecule has 0 atom stereocenters. The third-order valence-corrected chi connectivity index (χ3v) is 4.92.